The lowest BCUT2D eigenvalue weighted by Crippen LogP contribution is -2.30. The van der Waals surface area contributed by atoms with Crippen LogP contribution in [-0.2, 0) is 6.42 Å². The first kappa shape index (κ1) is 23.9. The van der Waals surface area contributed by atoms with Crippen LogP contribution in [0.15, 0.2) is 47.5 Å². The molecule has 0 radical (unpaired) electrons. The summed E-state index contributed by atoms with van der Waals surface area (Å²) < 4.78 is 16.3. The number of methoxy groups -OCH3 is 2. The second-order valence-corrected chi connectivity index (χ2v) is 5.75. The molecule has 0 aliphatic carbocycles. The third-order valence-electron chi connectivity index (χ3n) is 3.91. The van der Waals surface area contributed by atoms with Crippen molar-refractivity contribution in [2.24, 2.45) is 4.99 Å². The van der Waals surface area contributed by atoms with Crippen molar-refractivity contribution in [3.8, 4) is 17.2 Å². The van der Waals surface area contributed by atoms with E-state index in [9.17, 15) is 0 Å². The number of aliphatic imine (C=N–C) groups is 1. The summed E-state index contributed by atoms with van der Waals surface area (Å²) >= 11 is 0. The molecular weight excluding hydrogens is 469 g/mol. The summed E-state index contributed by atoms with van der Waals surface area (Å²) in [6.45, 7) is 6.10. The number of benzene rings is 2. The van der Waals surface area contributed by atoms with Crippen LogP contribution in [0.5, 0.6) is 17.2 Å². The quantitative estimate of drug-likeness (QED) is 0.306. The molecule has 2 aromatic rings. The van der Waals surface area contributed by atoms with Gasteiger partial charge in [-0.15, -0.1) is 24.0 Å². The highest BCUT2D eigenvalue weighted by atomic mass is 127. The zero-order chi connectivity index (χ0) is 19.5. The monoisotopic (exact) mass is 499 g/mol. The second-order valence-electron chi connectivity index (χ2n) is 5.75. The molecule has 2 aromatic carbocycles. The first-order chi connectivity index (χ1) is 13.2. The van der Waals surface area contributed by atoms with Gasteiger partial charge >= 0.3 is 0 Å². The summed E-state index contributed by atoms with van der Waals surface area (Å²) in [7, 11) is 3.24. The van der Waals surface area contributed by atoms with Gasteiger partial charge in [0.15, 0.2) is 17.5 Å². The van der Waals surface area contributed by atoms with Crippen LogP contribution in [0.2, 0.25) is 0 Å². The molecule has 0 bridgehead atoms. The molecule has 0 aromatic heterocycles. The number of halogens is 1. The van der Waals surface area contributed by atoms with Gasteiger partial charge in [-0.05, 0) is 44.0 Å². The molecule has 2 rings (SSSR count). The van der Waals surface area contributed by atoms with Crippen LogP contribution < -0.4 is 24.8 Å². The van der Waals surface area contributed by atoms with Gasteiger partial charge in [0.2, 0.25) is 0 Å². The molecule has 0 spiro atoms. The van der Waals surface area contributed by atoms with Gasteiger partial charge in [-0.3, -0.25) is 4.99 Å². The van der Waals surface area contributed by atoms with Crippen molar-refractivity contribution < 1.29 is 14.2 Å². The van der Waals surface area contributed by atoms with Gasteiger partial charge in [0, 0.05) is 24.8 Å². The van der Waals surface area contributed by atoms with Crippen LogP contribution in [0, 0.1) is 0 Å². The van der Waals surface area contributed by atoms with Gasteiger partial charge < -0.3 is 24.8 Å². The lowest BCUT2D eigenvalue weighted by molar-refractivity contribution is 0.336. The molecule has 0 unspecified atom stereocenters. The Morgan fingerprint density at radius 3 is 2.39 bits per heavy atom. The Bertz CT molecular complexity index is 753. The normalized spacial score (nSPS) is 10.6. The van der Waals surface area contributed by atoms with Crippen LogP contribution in [0.25, 0.3) is 0 Å². The number of ether oxygens (including phenoxy) is 3. The standard InChI is InChI=1S/C21H29N3O3.HI/c1-5-22-21(24-17-11-12-19(25-3)20(15-17)26-4)23-14-13-16-9-7-8-10-18(16)27-6-2;/h7-12,15H,5-6,13-14H2,1-4H3,(H2,22,23,24);1H. The summed E-state index contributed by atoms with van der Waals surface area (Å²) in [6.07, 6.45) is 0.804. The maximum absolute atomic E-state index is 5.68. The number of rotatable bonds is 9. The van der Waals surface area contributed by atoms with E-state index in [0.717, 1.165) is 35.9 Å². The second kappa shape index (κ2) is 13.1. The van der Waals surface area contributed by atoms with E-state index in [2.05, 4.69) is 21.7 Å². The number of hydrogen-bond acceptors (Lipinski definition) is 4. The average molecular weight is 499 g/mol. The molecule has 154 valence electrons. The smallest absolute Gasteiger partial charge is 0.195 e. The molecule has 2 N–H and O–H groups in total. The molecule has 0 aliphatic rings. The lowest BCUT2D eigenvalue weighted by atomic mass is 10.1. The molecule has 0 saturated heterocycles. The lowest BCUT2D eigenvalue weighted by Gasteiger charge is -2.14. The molecule has 28 heavy (non-hydrogen) atoms. The van der Waals surface area contributed by atoms with Gasteiger partial charge in [0.1, 0.15) is 5.75 Å². The van der Waals surface area contributed by atoms with E-state index < -0.39 is 0 Å². The Morgan fingerprint density at radius 1 is 0.964 bits per heavy atom. The van der Waals surface area contributed by atoms with E-state index in [4.69, 9.17) is 14.2 Å². The van der Waals surface area contributed by atoms with Crippen molar-refractivity contribution in [1.29, 1.82) is 0 Å². The summed E-state index contributed by atoms with van der Waals surface area (Å²) in [5.41, 5.74) is 2.03. The molecule has 0 heterocycles. The van der Waals surface area contributed by atoms with Crippen LogP contribution in [-0.4, -0.2) is 39.9 Å². The van der Waals surface area contributed by atoms with E-state index in [-0.39, 0.29) is 24.0 Å². The Morgan fingerprint density at radius 2 is 1.71 bits per heavy atom. The van der Waals surface area contributed by atoms with Crippen molar-refractivity contribution in [3.63, 3.8) is 0 Å². The number of anilines is 1. The van der Waals surface area contributed by atoms with E-state index in [0.29, 0.717) is 24.7 Å². The minimum atomic E-state index is 0. The third kappa shape index (κ3) is 7.10. The molecular formula is C21H30IN3O3. The first-order valence-corrected chi connectivity index (χ1v) is 9.19. The number of nitrogens with zero attached hydrogens (tertiary/aromatic N) is 1. The number of guanidine groups is 1. The minimum Gasteiger partial charge on any atom is -0.494 e. The van der Waals surface area contributed by atoms with Crippen molar-refractivity contribution in [2.75, 3.05) is 39.2 Å². The minimum absolute atomic E-state index is 0. The maximum Gasteiger partial charge on any atom is 0.195 e. The average Bonchev–Trinajstić information content (AvgIpc) is 2.69. The van der Waals surface area contributed by atoms with Gasteiger partial charge in [0.05, 0.1) is 20.8 Å². The molecule has 0 saturated carbocycles. The molecule has 0 fully saturated rings. The van der Waals surface area contributed by atoms with E-state index >= 15 is 0 Å². The predicted octanol–water partition coefficient (Wildman–Crippen LogP) is 4.34. The maximum atomic E-state index is 5.68. The van der Waals surface area contributed by atoms with Crippen LogP contribution in [0.4, 0.5) is 5.69 Å². The zero-order valence-corrected chi connectivity index (χ0v) is 19.3. The van der Waals surface area contributed by atoms with Gasteiger partial charge in [-0.25, -0.2) is 0 Å². The highest BCUT2D eigenvalue weighted by Gasteiger charge is 2.07. The predicted molar refractivity (Wildman–Crippen MR) is 126 cm³/mol. The summed E-state index contributed by atoms with van der Waals surface area (Å²) in [6, 6.07) is 13.8. The van der Waals surface area contributed by atoms with Gasteiger partial charge in [-0.2, -0.15) is 0 Å². The molecule has 0 amide bonds. The molecule has 7 heteroatoms. The van der Waals surface area contributed by atoms with E-state index in [1.807, 2.05) is 50.2 Å². The van der Waals surface area contributed by atoms with Crippen LogP contribution in [0.3, 0.4) is 0 Å². The van der Waals surface area contributed by atoms with Crippen LogP contribution >= 0.6 is 24.0 Å². The Hall–Kier alpha value is -2.16. The highest BCUT2D eigenvalue weighted by Crippen LogP contribution is 2.29. The molecule has 0 aliphatic heterocycles. The third-order valence-corrected chi connectivity index (χ3v) is 3.91. The number of para-hydroxylation sites is 1. The fourth-order valence-corrected chi connectivity index (χ4v) is 2.65. The van der Waals surface area contributed by atoms with Gasteiger partial charge in [-0.1, -0.05) is 18.2 Å². The van der Waals surface area contributed by atoms with Crippen molar-refractivity contribution in [2.45, 2.75) is 20.3 Å². The SMILES string of the molecule is CCNC(=NCCc1ccccc1OCC)Nc1ccc(OC)c(OC)c1.I. The van der Waals surface area contributed by atoms with Crippen molar-refractivity contribution in [3.05, 3.63) is 48.0 Å². The Kier molecular flexibility index (Phi) is 11.2. The summed E-state index contributed by atoms with van der Waals surface area (Å²) in [5.74, 6) is 3.01. The number of hydrogen-bond donors (Lipinski definition) is 2. The first-order valence-electron chi connectivity index (χ1n) is 9.19. The fraction of sp³-hybridized carbons (Fsp3) is 0.381. The van der Waals surface area contributed by atoms with E-state index in [1.165, 1.54) is 0 Å². The largest absolute Gasteiger partial charge is 0.494 e. The van der Waals surface area contributed by atoms with E-state index in [1.54, 1.807) is 14.2 Å². The molecule has 6 nitrogen and oxygen atoms in total. The zero-order valence-electron chi connectivity index (χ0n) is 17.0. The number of nitrogens with one attached hydrogen (secondary N) is 2. The summed E-state index contributed by atoms with van der Waals surface area (Å²) in [5, 5.41) is 6.56. The van der Waals surface area contributed by atoms with Crippen LogP contribution in [0.1, 0.15) is 19.4 Å². The topological polar surface area (TPSA) is 64.1 Å². The highest BCUT2D eigenvalue weighted by molar-refractivity contribution is 14.0. The summed E-state index contributed by atoms with van der Waals surface area (Å²) in [4.78, 5) is 4.67. The van der Waals surface area contributed by atoms with Crippen molar-refractivity contribution in [1.82, 2.24) is 5.32 Å². The van der Waals surface area contributed by atoms with Gasteiger partial charge in [0.25, 0.3) is 0 Å². The molecule has 0 atom stereocenters. The fourth-order valence-electron chi connectivity index (χ4n) is 2.65. The Balaban J connectivity index is 0.00000392. The Labute approximate surface area is 184 Å². The van der Waals surface area contributed by atoms with Crippen molar-refractivity contribution >= 4 is 35.6 Å².